The van der Waals surface area contributed by atoms with Gasteiger partial charge >= 0.3 is 6.61 Å². The van der Waals surface area contributed by atoms with Crippen LogP contribution >= 0.6 is 0 Å². The molecule has 0 fully saturated rings. The van der Waals surface area contributed by atoms with Gasteiger partial charge in [-0.25, -0.2) is 9.38 Å². The second-order valence-electron chi connectivity index (χ2n) is 5.76. The number of nitrogens with two attached hydrogens (primary N) is 1. The van der Waals surface area contributed by atoms with E-state index >= 15 is 0 Å². The minimum Gasteiger partial charge on any atom is -0.435 e. The van der Waals surface area contributed by atoms with Gasteiger partial charge in [-0.1, -0.05) is 6.07 Å². The molecule has 2 N–H and O–H groups in total. The molecule has 0 bridgehead atoms. The lowest BCUT2D eigenvalue weighted by atomic mass is 9.85. The Morgan fingerprint density at radius 2 is 2.00 bits per heavy atom. The summed E-state index contributed by atoms with van der Waals surface area (Å²) in [5.41, 5.74) is 4.81. The quantitative estimate of drug-likeness (QED) is 0.902. The van der Waals surface area contributed by atoms with E-state index in [4.69, 9.17) is 5.73 Å². The Kier molecular flexibility index (Phi) is 4.31. The smallest absolute Gasteiger partial charge is 0.387 e. The van der Waals surface area contributed by atoms with Crippen LogP contribution in [0.2, 0.25) is 0 Å². The number of hydrogen-bond donors (Lipinski definition) is 1. The lowest BCUT2D eigenvalue weighted by Gasteiger charge is -2.25. The zero-order chi connectivity index (χ0) is 19.1. The number of likely N-dealkylation sites (N-methyl/N-ethyl adjacent to an activating group) is 1. The van der Waals surface area contributed by atoms with E-state index in [1.165, 1.54) is 31.4 Å². The number of aromatic nitrogens is 1. The summed E-state index contributed by atoms with van der Waals surface area (Å²) in [5.74, 6) is -1.23. The van der Waals surface area contributed by atoms with Crippen molar-refractivity contribution in [3.8, 4) is 5.75 Å². The molecule has 0 saturated heterocycles. The molecule has 2 heterocycles. The van der Waals surface area contributed by atoms with Crippen molar-refractivity contribution in [3.63, 3.8) is 0 Å². The molecule has 2 aromatic rings. The van der Waals surface area contributed by atoms with E-state index in [-0.39, 0.29) is 17.4 Å². The third kappa shape index (κ3) is 2.75. The summed E-state index contributed by atoms with van der Waals surface area (Å²) in [6, 6.07) is 6.41. The van der Waals surface area contributed by atoms with Crippen LogP contribution in [-0.2, 0) is 10.3 Å². The molecule has 1 unspecified atom stereocenters. The Morgan fingerprint density at radius 3 is 2.54 bits per heavy atom. The summed E-state index contributed by atoms with van der Waals surface area (Å²) < 4.78 is 43.1. The van der Waals surface area contributed by atoms with Gasteiger partial charge in [0.25, 0.3) is 5.91 Å². The molecule has 1 amide bonds. The fourth-order valence-corrected chi connectivity index (χ4v) is 2.85. The lowest BCUT2D eigenvalue weighted by molar-refractivity contribution is -0.129. The number of aliphatic imine (C=N–C) groups is 1. The third-order valence-corrected chi connectivity index (χ3v) is 4.14. The van der Waals surface area contributed by atoms with Gasteiger partial charge in [-0.15, -0.1) is 0 Å². The van der Waals surface area contributed by atoms with Gasteiger partial charge in [-0.3, -0.25) is 14.7 Å². The number of aryl methyl sites for hydroxylation is 1. The third-order valence-electron chi connectivity index (χ3n) is 4.14. The van der Waals surface area contributed by atoms with Crippen LogP contribution < -0.4 is 10.5 Å². The van der Waals surface area contributed by atoms with E-state index < -0.39 is 23.9 Å². The Balaban J connectivity index is 2.21. The first kappa shape index (κ1) is 17.7. The van der Waals surface area contributed by atoms with Crippen molar-refractivity contribution in [1.29, 1.82) is 0 Å². The van der Waals surface area contributed by atoms with Gasteiger partial charge in [0, 0.05) is 13.2 Å². The first-order valence-electron chi connectivity index (χ1n) is 7.57. The first-order valence-corrected chi connectivity index (χ1v) is 7.57. The minimum absolute atomic E-state index is 0.0386. The maximum atomic E-state index is 13.8. The highest BCUT2D eigenvalue weighted by Gasteiger charge is 2.51. The predicted molar refractivity (Wildman–Crippen MR) is 87.2 cm³/mol. The second kappa shape index (κ2) is 6.32. The Labute approximate surface area is 147 Å². The van der Waals surface area contributed by atoms with Gasteiger partial charge in [0.2, 0.25) is 5.54 Å². The maximum absolute atomic E-state index is 13.8. The topological polar surface area (TPSA) is 80.8 Å². The van der Waals surface area contributed by atoms with Crippen molar-refractivity contribution in [2.75, 3.05) is 7.05 Å². The number of amides is 1. The SMILES string of the molecule is Cc1cc(C2(c3cc(F)ccn3)N=C(N)N(C)C2=O)ccc1OC(F)F. The summed E-state index contributed by atoms with van der Waals surface area (Å²) in [4.78, 5) is 22.4. The molecule has 136 valence electrons. The van der Waals surface area contributed by atoms with Crippen molar-refractivity contribution in [3.05, 3.63) is 59.2 Å². The summed E-state index contributed by atoms with van der Waals surface area (Å²) in [6.07, 6.45) is 1.21. The monoisotopic (exact) mass is 364 g/mol. The molecule has 1 aromatic heterocycles. The number of alkyl halides is 2. The lowest BCUT2D eigenvalue weighted by Crippen LogP contribution is -2.41. The molecule has 1 aromatic carbocycles. The number of carbonyl (C=O) groups is 1. The number of rotatable bonds is 4. The average molecular weight is 364 g/mol. The van der Waals surface area contributed by atoms with Crippen LogP contribution in [0.1, 0.15) is 16.8 Å². The number of ether oxygens (including phenoxy) is 1. The molecule has 0 saturated carbocycles. The highest BCUT2D eigenvalue weighted by molar-refractivity contribution is 6.08. The molecule has 0 aliphatic carbocycles. The van der Waals surface area contributed by atoms with Crippen molar-refractivity contribution in [1.82, 2.24) is 9.88 Å². The number of benzene rings is 1. The van der Waals surface area contributed by atoms with Crippen LogP contribution in [-0.4, -0.2) is 35.4 Å². The zero-order valence-corrected chi connectivity index (χ0v) is 13.9. The predicted octanol–water partition coefficient (Wildman–Crippen LogP) is 2.16. The van der Waals surface area contributed by atoms with E-state index in [1.807, 2.05) is 0 Å². The van der Waals surface area contributed by atoms with Crippen LogP contribution in [0.25, 0.3) is 0 Å². The maximum Gasteiger partial charge on any atom is 0.387 e. The van der Waals surface area contributed by atoms with Gasteiger partial charge in [-0.05, 0) is 42.3 Å². The van der Waals surface area contributed by atoms with Gasteiger partial charge in [0.1, 0.15) is 11.6 Å². The van der Waals surface area contributed by atoms with Gasteiger partial charge in [0.15, 0.2) is 5.96 Å². The molecule has 26 heavy (non-hydrogen) atoms. The minimum atomic E-state index is -2.98. The van der Waals surface area contributed by atoms with Gasteiger partial charge in [-0.2, -0.15) is 8.78 Å². The van der Waals surface area contributed by atoms with Gasteiger partial charge in [0.05, 0.1) is 5.69 Å². The number of guanidine groups is 1. The van der Waals surface area contributed by atoms with Crippen molar-refractivity contribution >= 4 is 11.9 Å². The summed E-state index contributed by atoms with van der Waals surface area (Å²) >= 11 is 0. The molecule has 1 aliphatic heterocycles. The van der Waals surface area contributed by atoms with E-state index in [2.05, 4.69) is 14.7 Å². The number of pyridine rings is 1. The van der Waals surface area contributed by atoms with Crippen molar-refractivity contribution in [2.24, 2.45) is 10.7 Å². The molecular formula is C17H15F3N4O2. The van der Waals surface area contributed by atoms with E-state index in [0.717, 1.165) is 17.0 Å². The van der Waals surface area contributed by atoms with Crippen LogP contribution in [0.3, 0.4) is 0 Å². The van der Waals surface area contributed by atoms with Crippen LogP contribution in [0, 0.1) is 12.7 Å². The van der Waals surface area contributed by atoms with Gasteiger partial charge < -0.3 is 10.5 Å². The van der Waals surface area contributed by atoms with Crippen molar-refractivity contribution in [2.45, 2.75) is 19.1 Å². The zero-order valence-electron chi connectivity index (χ0n) is 13.9. The average Bonchev–Trinajstić information content (AvgIpc) is 2.81. The molecule has 0 radical (unpaired) electrons. The van der Waals surface area contributed by atoms with E-state index in [0.29, 0.717) is 11.1 Å². The number of nitrogens with zero attached hydrogens (tertiary/aromatic N) is 3. The first-order chi connectivity index (χ1) is 12.3. The standard InChI is InChI=1S/C17H15F3N4O2/c1-9-7-10(3-4-12(9)26-15(19)20)17(13-8-11(18)5-6-22-13)14(25)24(2)16(21)23-17/h3-8,15H,1-2H3,(H2,21,23). The molecule has 9 heteroatoms. The fourth-order valence-electron chi connectivity index (χ4n) is 2.85. The Bertz CT molecular complexity index is 903. The number of carbonyl (C=O) groups excluding carboxylic acids is 1. The Morgan fingerprint density at radius 1 is 1.27 bits per heavy atom. The normalized spacial score (nSPS) is 19.8. The Hall–Kier alpha value is -3.10. The summed E-state index contributed by atoms with van der Waals surface area (Å²) in [7, 11) is 1.43. The molecular weight excluding hydrogens is 349 g/mol. The molecule has 3 rings (SSSR count). The van der Waals surface area contributed by atoms with E-state index in [9.17, 15) is 18.0 Å². The van der Waals surface area contributed by atoms with Crippen LogP contribution in [0.4, 0.5) is 13.2 Å². The molecule has 6 nitrogen and oxygen atoms in total. The van der Waals surface area contributed by atoms with Crippen LogP contribution in [0.15, 0.2) is 41.5 Å². The van der Waals surface area contributed by atoms with Crippen LogP contribution in [0.5, 0.6) is 5.75 Å². The number of hydrogen-bond acceptors (Lipinski definition) is 5. The fraction of sp³-hybridized carbons (Fsp3) is 0.235. The van der Waals surface area contributed by atoms with Crippen molar-refractivity contribution < 1.29 is 22.7 Å². The highest BCUT2D eigenvalue weighted by Crippen LogP contribution is 2.39. The second-order valence-corrected chi connectivity index (χ2v) is 5.76. The highest BCUT2D eigenvalue weighted by atomic mass is 19.3. The molecule has 0 spiro atoms. The van der Waals surface area contributed by atoms with E-state index in [1.54, 1.807) is 6.92 Å². The molecule has 1 aliphatic rings. The largest absolute Gasteiger partial charge is 0.435 e. The summed E-state index contributed by atoms with van der Waals surface area (Å²) in [6.45, 7) is -1.43. The number of halogens is 3. The molecule has 1 atom stereocenters. The summed E-state index contributed by atoms with van der Waals surface area (Å²) in [5, 5.41) is 0.